The van der Waals surface area contributed by atoms with E-state index < -0.39 is 0 Å². The Morgan fingerprint density at radius 3 is 2.21 bits per heavy atom. The molecule has 0 spiro atoms. The molecule has 1 aromatic heterocycles. The summed E-state index contributed by atoms with van der Waals surface area (Å²) in [6, 6.07) is 16.1. The monoisotopic (exact) mass is 338 g/mol. The lowest BCUT2D eigenvalue weighted by Crippen LogP contribution is -2.15. The quantitative estimate of drug-likeness (QED) is 0.715. The number of thiazole rings is 1. The second kappa shape index (κ2) is 6.29. The van der Waals surface area contributed by atoms with Gasteiger partial charge < -0.3 is 5.73 Å². The van der Waals surface area contributed by atoms with Crippen molar-refractivity contribution in [3.8, 4) is 11.3 Å². The van der Waals surface area contributed by atoms with Crippen molar-refractivity contribution in [2.24, 2.45) is 0 Å². The van der Waals surface area contributed by atoms with Crippen LogP contribution in [0.25, 0.3) is 11.3 Å². The van der Waals surface area contributed by atoms with Crippen molar-refractivity contribution in [3.05, 3.63) is 74.7 Å². The first-order chi connectivity index (χ1) is 11.3. The predicted octanol–water partition coefficient (Wildman–Crippen LogP) is 4.50. The number of nitrogen functional groups attached to an aromatic ring is 1. The Labute approximate surface area is 146 Å². The standard InChI is InChI=1S/C20H22N2OS/c1-20(2,3)16-8-4-14(5-9-16)12-22-18(13-24-19(22)23)15-6-10-17(21)11-7-15/h4-11,13H,12,21H2,1-3H3. The number of anilines is 1. The lowest BCUT2D eigenvalue weighted by atomic mass is 9.87. The highest BCUT2D eigenvalue weighted by molar-refractivity contribution is 7.07. The van der Waals surface area contributed by atoms with Gasteiger partial charge in [0.25, 0.3) is 0 Å². The predicted molar refractivity (Wildman–Crippen MR) is 103 cm³/mol. The van der Waals surface area contributed by atoms with Gasteiger partial charge in [0, 0.05) is 11.1 Å². The Kier molecular flexibility index (Phi) is 4.33. The maximum atomic E-state index is 12.3. The first kappa shape index (κ1) is 16.5. The highest BCUT2D eigenvalue weighted by Crippen LogP contribution is 2.24. The van der Waals surface area contributed by atoms with Gasteiger partial charge in [-0.2, -0.15) is 0 Å². The van der Waals surface area contributed by atoms with Crippen LogP contribution in [0, 0.1) is 0 Å². The van der Waals surface area contributed by atoms with E-state index in [-0.39, 0.29) is 10.3 Å². The fraction of sp³-hybridized carbons (Fsp3) is 0.250. The van der Waals surface area contributed by atoms with E-state index in [4.69, 9.17) is 5.73 Å². The number of hydrogen-bond acceptors (Lipinski definition) is 3. The molecule has 0 radical (unpaired) electrons. The van der Waals surface area contributed by atoms with Crippen molar-refractivity contribution in [1.82, 2.24) is 4.57 Å². The molecule has 0 aliphatic heterocycles. The van der Waals surface area contributed by atoms with Gasteiger partial charge in [0.15, 0.2) is 0 Å². The van der Waals surface area contributed by atoms with E-state index in [1.165, 1.54) is 16.9 Å². The third-order valence-corrected chi connectivity index (χ3v) is 4.91. The summed E-state index contributed by atoms with van der Waals surface area (Å²) in [6.07, 6.45) is 0. The normalized spacial score (nSPS) is 11.6. The summed E-state index contributed by atoms with van der Waals surface area (Å²) in [5.41, 5.74) is 11.0. The molecule has 3 nitrogen and oxygen atoms in total. The second-order valence-corrected chi connectivity index (χ2v) is 7.86. The topological polar surface area (TPSA) is 48.0 Å². The summed E-state index contributed by atoms with van der Waals surface area (Å²) in [7, 11) is 0. The molecule has 124 valence electrons. The van der Waals surface area contributed by atoms with Crippen molar-refractivity contribution in [1.29, 1.82) is 0 Å². The van der Waals surface area contributed by atoms with Crippen molar-refractivity contribution in [3.63, 3.8) is 0 Å². The summed E-state index contributed by atoms with van der Waals surface area (Å²) in [4.78, 5) is 12.3. The lowest BCUT2D eigenvalue weighted by Gasteiger charge is -2.19. The zero-order chi connectivity index (χ0) is 17.3. The van der Waals surface area contributed by atoms with Crippen LogP contribution < -0.4 is 10.6 Å². The molecule has 3 rings (SSSR count). The van der Waals surface area contributed by atoms with Crippen LogP contribution in [-0.2, 0) is 12.0 Å². The van der Waals surface area contributed by atoms with Crippen LogP contribution in [0.2, 0.25) is 0 Å². The Balaban J connectivity index is 1.92. The Morgan fingerprint density at radius 2 is 1.62 bits per heavy atom. The van der Waals surface area contributed by atoms with Gasteiger partial charge in [-0.1, -0.05) is 68.5 Å². The van der Waals surface area contributed by atoms with Crippen LogP contribution in [0.15, 0.2) is 58.7 Å². The van der Waals surface area contributed by atoms with Crippen molar-refractivity contribution >= 4 is 17.0 Å². The van der Waals surface area contributed by atoms with Crippen LogP contribution in [0.4, 0.5) is 5.69 Å². The molecule has 2 N–H and O–H groups in total. The molecule has 0 bridgehead atoms. The van der Waals surface area contributed by atoms with E-state index in [1.54, 1.807) is 0 Å². The number of nitrogens with zero attached hydrogens (tertiary/aromatic N) is 1. The third-order valence-electron chi connectivity index (χ3n) is 4.15. The van der Waals surface area contributed by atoms with Gasteiger partial charge in [0.1, 0.15) is 0 Å². The Hall–Kier alpha value is -2.33. The van der Waals surface area contributed by atoms with Crippen LogP contribution in [-0.4, -0.2) is 4.57 Å². The van der Waals surface area contributed by atoms with Crippen LogP contribution in [0.5, 0.6) is 0 Å². The largest absolute Gasteiger partial charge is 0.399 e. The van der Waals surface area contributed by atoms with E-state index in [0.717, 1.165) is 22.5 Å². The fourth-order valence-corrected chi connectivity index (χ4v) is 3.42. The Morgan fingerprint density at radius 1 is 1.00 bits per heavy atom. The highest BCUT2D eigenvalue weighted by atomic mass is 32.1. The van der Waals surface area contributed by atoms with Crippen molar-refractivity contribution in [2.45, 2.75) is 32.7 Å². The van der Waals surface area contributed by atoms with Gasteiger partial charge in [-0.15, -0.1) is 0 Å². The van der Waals surface area contributed by atoms with Crippen molar-refractivity contribution in [2.75, 3.05) is 5.73 Å². The summed E-state index contributed by atoms with van der Waals surface area (Å²) in [5.74, 6) is 0. The third kappa shape index (κ3) is 3.44. The molecule has 0 saturated heterocycles. The molecule has 24 heavy (non-hydrogen) atoms. The summed E-state index contributed by atoms with van der Waals surface area (Å²) >= 11 is 1.23. The average Bonchev–Trinajstić information content (AvgIpc) is 2.89. The minimum absolute atomic E-state index is 0.0572. The van der Waals surface area contributed by atoms with Gasteiger partial charge in [-0.05, 0) is 34.2 Å². The molecule has 0 atom stereocenters. The second-order valence-electron chi connectivity index (χ2n) is 7.04. The van der Waals surface area contributed by atoms with Crippen molar-refractivity contribution < 1.29 is 0 Å². The van der Waals surface area contributed by atoms with Crippen LogP contribution in [0.1, 0.15) is 31.9 Å². The lowest BCUT2D eigenvalue weighted by molar-refractivity contribution is 0.589. The summed E-state index contributed by atoms with van der Waals surface area (Å²) in [5, 5.41) is 1.91. The molecule has 0 fully saturated rings. The number of benzene rings is 2. The van der Waals surface area contributed by atoms with Gasteiger partial charge in [0.05, 0.1) is 12.2 Å². The molecule has 1 heterocycles. The molecule has 0 amide bonds. The molecule has 0 aliphatic rings. The van der Waals surface area contributed by atoms with E-state index in [2.05, 4.69) is 45.0 Å². The van der Waals surface area contributed by atoms with Gasteiger partial charge in [0.2, 0.25) is 0 Å². The fourth-order valence-electron chi connectivity index (χ4n) is 2.65. The molecule has 3 aromatic rings. The molecule has 0 unspecified atom stereocenters. The molecule has 2 aromatic carbocycles. The van der Waals surface area contributed by atoms with Crippen LogP contribution in [0.3, 0.4) is 0 Å². The van der Waals surface area contributed by atoms with E-state index >= 15 is 0 Å². The first-order valence-electron chi connectivity index (χ1n) is 7.98. The SMILES string of the molecule is CC(C)(C)c1ccc(Cn2c(-c3ccc(N)cc3)csc2=O)cc1. The summed E-state index contributed by atoms with van der Waals surface area (Å²) in [6.45, 7) is 7.17. The zero-order valence-corrected chi connectivity index (χ0v) is 15.1. The van der Waals surface area contributed by atoms with Gasteiger partial charge in [-0.25, -0.2) is 0 Å². The Bertz CT molecular complexity index is 881. The maximum absolute atomic E-state index is 12.3. The average molecular weight is 338 g/mol. The number of nitrogens with two attached hydrogens (primary N) is 1. The number of aromatic nitrogens is 1. The smallest absolute Gasteiger partial charge is 0.307 e. The number of hydrogen-bond donors (Lipinski definition) is 1. The van der Waals surface area contributed by atoms with Gasteiger partial charge in [-0.3, -0.25) is 9.36 Å². The van der Waals surface area contributed by atoms with E-state index in [1.807, 2.05) is 34.2 Å². The summed E-state index contributed by atoms with van der Waals surface area (Å²) < 4.78 is 1.82. The molecule has 0 aliphatic carbocycles. The maximum Gasteiger partial charge on any atom is 0.307 e. The molecular formula is C20H22N2OS. The zero-order valence-electron chi connectivity index (χ0n) is 14.2. The number of rotatable bonds is 3. The van der Waals surface area contributed by atoms with Gasteiger partial charge >= 0.3 is 4.87 Å². The minimum Gasteiger partial charge on any atom is -0.399 e. The molecule has 0 saturated carbocycles. The highest BCUT2D eigenvalue weighted by Gasteiger charge is 2.14. The minimum atomic E-state index is 0.0572. The molecular weight excluding hydrogens is 316 g/mol. The molecule has 4 heteroatoms. The van der Waals surface area contributed by atoms with E-state index in [9.17, 15) is 4.79 Å². The van der Waals surface area contributed by atoms with Crippen LogP contribution >= 0.6 is 11.3 Å². The van der Waals surface area contributed by atoms with E-state index in [0.29, 0.717) is 6.54 Å². The first-order valence-corrected chi connectivity index (χ1v) is 8.86.